The lowest BCUT2D eigenvalue weighted by atomic mass is 9.79. The number of aromatic nitrogens is 1. The second kappa shape index (κ2) is 4.27. The molecule has 92 valence electrons. The number of hydrogen-bond acceptors (Lipinski definition) is 0. The summed E-state index contributed by atoms with van der Waals surface area (Å²) < 4.78 is 2.51. The maximum atomic E-state index is 2.51. The lowest BCUT2D eigenvalue weighted by Crippen LogP contribution is -2.35. The highest BCUT2D eigenvalue weighted by molar-refractivity contribution is 5.17. The highest BCUT2D eigenvalue weighted by atomic mass is 15.1. The van der Waals surface area contributed by atoms with E-state index >= 15 is 0 Å². The summed E-state index contributed by atoms with van der Waals surface area (Å²) in [6.45, 7) is 16.1. The smallest absolute Gasteiger partial charge is 0.0419 e. The molecule has 1 heterocycles. The van der Waals surface area contributed by atoms with Gasteiger partial charge in [0.2, 0.25) is 0 Å². The zero-order chi connectivity index (χ0) is 12.6. The average Bonchev–Trinajstić information content (AvgIpc) is 2.43. The van der Waals surface area contributed by atoms with E-state index in [0.717, 1.165) is 0 Å². The van der Waals surface area contributed by atoms with E-state index in [-0.39, 0.29) is 5.54 Å². The molecule has 1 unspecified atom stereocenters. The summed E-state index contributed by atoms with van der Waals surface area (Å²) in [6.07, 6.45) is 2.40. The standard InChI is InChI=1S/C15H27N/c1-8-15(7,11-14(4,5)6)16-12(2)9-10-13(16)3/h9-10H,8,11H2,1-7H3. The minimum atomic E-state index is 0.246. The third kappa shape index (κ3) is 2.69. The predicted molar refractivity (Wildman–Crippen MR) is 71.9 cm³/mol. The summed E-state index contributed by atoms with van der Waals surface area (Å²) in [5, 5.41) is 0. The first-order chi connectivity index (χ1) is 7.19. The highest BCUT2D eigenvalue weighted by Gasteiger charge is 2.31. The molecule has 1 atom stereocenters. The Morgan fingerprint density at radius 1 is 1.00 bits per heavy atom. The third-order valence-electron chi connectivity index (χ3n) is 3.48. The third-order valence-corrected chi connectivity index (χ3v) is 3.48. The molecule has 0 amide bonds. The SMILES string of the molecule is CCC(C)(CC(C)(C)C)n1c(C)ccc1C. The van der Waals surface area contributed by atoms with E-state index in [4.69, 9.17) is 0 Å². The van der Waals surface area contributed by atoms with Crippen LogP contribution in [0.4, 0.5) is 0 Å². The van der Waals surface area contributed by atoms with E-state index in [1.165, 1.54) is 24.2 Å². The molecule has 0 saturated heterocycles. The highest BCUT2D eigenvalue weighted by Crippen LogP contribution is 2.36. The van der Waals surface area contributed by atoms with Crippen molar-refractivity contribution in [2.24, 2.45) is 5.41 Å². The van der Waals surface area contributed by atoms with Crippen molar-refractivity contribution in [1.29, 1.82) is 0 Å². The van der Waals surface area contributed by atoms with Crippen LogP contribution in [0.2, 0.25) is 0 Å². The summed E-state index contributed by atoms with van der Waals surface area (Å²) in [5.41, 5.74) is 3.38. The van der Waals surface area contributed by atoms with Gasteiger partial charge in [0.25, 0.3) is 0 Å². The summed E-state index contributed by atoms with van der Waals surface area (Å²) in [6, 6.07) is 4.46. The molecular weight excluding hydrogens is 194 g/mol. The molecule has 1 rings (SSSR count). The van der Waals surface area contributed by atoms with Gasteiger partial charge in [-0.25, -0.2) is 0 Å². The van der Waals surface area contributed by atoms with Crippen LogP contribution < -0.4 is 0 Å². The molecule has 16 heavy (non-hydrogen) atoms. The molecule has 1 aromatic rings. The number of hydrogen-bond donors (Lipinski definition) is 0. The van der Waals surface area contributed by atoms with Crippen LogP contribution >= 0.6 is 0 Å². The van der Waals surface area contributed by atoms with Crippen molar-refractivity contribution in [1.82, 2.24) is 4.57 Å². The first kappa shape index (κ1) is 13.3. The van der Waals surface area contributed by atoms with E-state index in [2.05, 4.69) is 65.2 Å². The van der Waals surface area contributed by atoms with Crippen LogP contribution in [0.15, 0.2) is 12.1 Å². The summed E-state index contributed by atoms with van der Waals surface area (Å²) in [5.74, 6) is 0. The zero-order valence-electron chi connectivity index (χ0n) is 12.0. The molecule has 0 radical (unpaired) electrons. The topological polar surface area (TPSA) is 4.93 Å². The lowest BCUT2D eigenvalue weighted by Gasteiger charge is -2.38. The minimum Gasteiger partial charge on any atom is -0.343 e. The minimum absolute atomic E-state index is 0.246. The lowest BCUT2D eigenvalue weighted by molar-refractivity contribution is 0.183. The Morgan fingerprint density at radius 3 is 1.75 bits per heavy atom. The van der Waals surface area contributed by atoms with E-state index in [1.807, 2.05) is 0 Å². The molecule has 0 N–H and O–H groups in total. The molecule has 0 spiro atoms. The van der Waals surface area contributed by atoms with Gasteiger partial charge in [-0.05, 0) is 51.2 Å². The summed E-state index contributed by atoms with van der Waals surface area (Å²) in [7, 11) is 0. The Kier molecular flexibility index (Phi) is 3.56. The van der Waals surface area contributed by atoms with Crippen molar-refractivity contribution in [2.45, 2.75) is 66.8 Å². The molecule has 0 aromatic carbocycles. The molecule has 1 aromatic heterocycles. The van der Waals surface area contributed by atoms with Gasteiger partial charge in [0.1, 0.15) is 0 Å². The van der Waals surface area contributed by atoms with Crippen LogP contribution in [0.3, 0.4) is 0 Å². The molecule has 0 aliphatic carbocycles. The molecule has 0 bridgehead atoms. The van der Waals surface area contributed by atoms with Crippen molar-refractivity contribution in [3.05, 3.63) is 23.5 Å². The first-order valence-corrected chi connectivity index (χ1v) is 6.35. The van der Waals surface area contributed by atoms with Gasteiger partial charge in [0.15, 0.2) is 0 Å². The van der Waals surface area contributed by atoms with Crippen molar-refractivity contribution >= 4 is 0 Å². The van der Waals surface area contributed by atoms with E-state index in [1.54, 1.807) is 0 Å². The Bertz CT molecular complexity index is 335. The molecule has 0 aliphatic rings. The van der Waals surface area contributed by atoms with E-state index in [9.17, 15) is 0 Å². The van der Waals surface area contributed by atoms with Crippen molar-refractivity contribution in [3.63, 3.8) is 0 Å². The molecular formula is C15H27N. The van der Waals surface area contributed by atoms with Gasteiger partial charge in [-0.3, -0.25) is 0 Å². The van der Waals surface area contributed by atoms with Crippen LogP contribution in [0.1, 0.15) is 58.8 Å². The van der Waals surface area contributed by atoms with Crippen LogP contribution in [0.5, 0.6) is 0 Å². The van der Waals surface area contributed by atoms with Crippen molar-refractivity contribution in [3.8, 4) is 0 Å². The Hall–Kier alpha value is -0.720. The molecule has 0 aliphatic heterocycles. The number of rotatable bonds is 3. The second-order valence-corrected chi connectivity index (χ2v) is 6.54. The van der Waals surface area contributed by atoms with Crippen LogP contribution in [-0.4, -0.2) is 4.57 Å². The zero-order valence-corrected chi connectivity index (χ0v) is 12.0. The number of aryl methyl sites for hydroxylation is 2. The predicted octanol–water partition coefficient (Wildman–Crippen LogP) is 4.67. The monoisotopic (exact) mass is 221 g/mol. The molecule has 1 nitrogen and oxygen atoms in total. The van der Waals surface area contributed by atoms with Gasteiger partial charge >= 0.3 is 0 Å². The van der Waals surface area contributed by atoms with Gasteiger partial charge in [-0.2, -0.15) is 0 Å². The van der Waals surface area contributed by atoms with Gasteiger partial charge in [-0.1, -0.05) is 27.7 Å². The van der Waals surface area contributed by atoms with Crippen molar-refractivity contribution < 1.29 is 0 Å². The van der Waals surface area contributed by atoms with Crippen LogP contribution in [0.25, 0.3) is 0 Å². The number of nitrogens with zero attached hydrogens (tertiary/aromatic N) is 1. The molecule has 1 heteroatoms. The van der Waals surface area contributed by atoms with Gasteiger partial charge in [0.05, 0.1) is 0 Å². The van der Waals surface area contributed by atoms with Gasteiger partial charge in [0, 0.05) is 16.9 Å². The van der Waals surface area contributed by atoms with Crippen LogP contribution in [0, 0.1) is 19.3 Å². The fraction of sp³-hybridized carbons (Fsp3) is 0.733. The normalized spacial score (nSPS) is 16.2. The van der Waals surface area contributed by atoms with Crippen molar-refractivity contribution in [2.75, 3.05) is 0 Å². The van der Waals surface area contributed by atoms with E-state index < -0.39 is 0 Å². The summed E-state index contributed by atoms with van der Waals surface area (Å²) in [4.78, 5) is 0. The Morgan fingerprint density at radius 2 is 1.44 bits per heavy atom. The van der Waals surface area contributed by atoms with Crippen LogP contribution in [-0.2, 0) is 5.54 Å². The van der Waals surface area contributed by atoms with E-state index in [0.29, 0.717) is 5.41 Å². The Balaban J connectivity index is 3.15. The second-order valence-electron chi connectivity index (χ2n) is 6.54. The Labute approximate surface area is 101 Å². The molecule has 0 fully saturated rings. The fourth-order valence-electron chi connectivity index (χ4n) is 3.02. The maximum Gasteiger partial charge on any atom is 0.0419 e. The quantitative estimate of drug-likeness (QED) is 0.699. The average molecular weight is 221 g/mol. The largest absolute Gasteiger partial charge is 0.343 e. The fourth-order valence-corrected chi connectivity index (χ4v) is 3.02. The van der Waals surface area contributed by atoms with Gasteiger partial charge in [-0.15, -0.1) is 0 Å². The van der Waals surface area contributed by atoms with Gasteiger partial charge < -0.3 is 4.57 Å². The first-order valence-electron chi connectivity index (χ1n) is 6.35. The maximum absolute atomic E-state index is 2.51. The summed E-state index contributed by atoms with van der Waals surface area (Å²) >= 11 is 0. The molecule has 0 saturated carbocycles.